The number of nitrogens with one attached hydrogen (secondary N) is 1. The maximum Gasteiger partial charge on any atom is 0.0721 e. The van der Waals surface area contributed by atoms with Gasteiger partial charge >= 0.3 is 0 Å². The lowest BCUT2D eigenvalue weighted by Crippen LogP contribution is -2.37. The first-order valence-electron chi connectivity index (χ1n) is 4.34. The van der Waals surface area contributed by atoms with E-state index in [1.165, 1.54) is 0 Å². The lowest BCUT2D eigenvalue weighted by atomic mass is 9.99. The molecule has 1 aliphatic heterocycles. The second kappa shape index (κ2) is 3.75. The highest BCUT2D eigenvalue weighted by Gasteiger charge is 2.17. The number of hydrogen-bond donors (Lipinski definition) is 1. The Morgan fingerprint density at radius 2 is 2.08 bits per heavy atom. The summed E-state index contributed by atoms with van der Waals surface area (Å²) in [6, 6.07) is 0.260. The van der Waals surface area contributed by atoms with Gasteiger partial charge in [0.05, 0.1) is 6.04 Å². The second-order valence-corrected chi connectivity index (χ2v) is 6.51. The van der Waals surface area contributed by atoms with Crippen molar-refractivity contribution in [2.75, 3.05) is 25.6 Å². The fourth-order valence-electron chi connectivity index (χ4n) is 1.57. The van der Waals surface area contributed by atoms with Crippen LogP contribution in [0.25, 0.3) is 0 Å². The van der Waals surface area contributed by atoms with Crippen molar-refractivity contribution in [3.05, 3.63) is 0 Å². The molecule has 1 N–H and O–H groups in total. The molecule has 3 nitrogen and oxygen atoms in total. The lowest BCUT2D eigenvalue weighted by Gasteiger charge is -2.24. The van der Waals surface area contributed by atoms with Crippen molar-refractivity contribution in [2.24, 2.45) is 10.3 Å². The Labute approximate surface area is 75.1 Å². The summed E-state index contributed by atoms with van der Waals surface area (Å²) in [6.45, 7) is 4.16. The van der Waals surface area contributed by atoms with Crippen LogP contribution in [0, 0.1) is 5.92 Å². The van der Waals surface area contributed by atoms with Gasteiger partial charge in [-0.05, 0) is 18.9 Å². The fraction of sp³-hybridized carbons (Fsp3) is 1.00. The predicted octanol–water partition coefficient (Wildman–Crippen LogP) is 0.712. The van der Waals surface area contributed by atoms with Crippen molar-refractivity contribution in [3.63, 3.8) is 0 Å². The van der Waals surface area contributed by atoms with Gasteiger partial charge in [-0.2, -0.15) is 0 Å². The second-order valence-electron chi connectivity index (χ2n) is 3.94. The molecular weight excluding hydrogens is 172 g/mol. The summed E-state index contributed by atoms with van der Waals surface area (Å²) in [6.07, 6.45) is 4.48. The normalized spacial score (nSPS) is 31.6. The Hall–Kier alpha value is -0.0900. The minimum Gasteiger partial charge on any atom is -0.314 e. The minimum atomic E-state index is -1.91. The molecule has 1 fully saturated rings. The van der Waals surface area contributed by atoms with Gasteiger partial charge in [-0.3, -0.25) is 4.21 Å². The Bertz CT molecular complexity index is 248. The molecule has 0 amide bonds. The third-order valence-corrected chi connectivity index (χ3v) is 2.76. The highest BCUT2D eigenvalue weighted by molar-refractivity contribution is 7.92. The van der Waals surface area contributed by atoms with E-state index in [0.717, 1.165) is 19.5 Å². The quantitative estimate of drug-likeness (QED) is 0.661. The van der Waals surface area contributed by atoms with E-state index in [0.29, 0.717) is 5.92 Å². The van der Waals surface area contributed by atoms with Gasteiger partial charge in [0.15, 0.2) is 0 Å². The topological polar surface area (TPSA) is 41.5 Å². The van der Waals surface area contributed by atoms with Crippen molar-refractivity contribution in [1.29, 1.82) is 0 Å². The van der Waals surface area contributed by atoms with Crippen LogP contribution in [0.2, 0.25) is 0 Å². The van der Waals surface area contributed by atoms with Crippen LogP contribution in [0.5, 0.6) is 0 Å². The van der Waals surface area contributed by atoms with Crippen molar-refractivity contribution in [3.8, 4) is 0 Å². The molecular formula is C8H18N2OS. The van der Waals surface area contributed by atoms with E-state index >= 15 is 0 Å². The van der Waals surface area contributed by atoms with E-state index < -0.39 is 9.73 Å². The lowest BCUT2D eigenvalue weighted by molar-refractivity contribution is 0.366. The smallest absolute Gasteiger partial charge is 0.0721 e. The summed E-state index contributed by atoms with van der Waals surface area (Å²) in [5.41, 5.74) is 0. The molecule has 0 aromatic carbocycles. The van der Waals surface area contributed by atoms with Gasteiger partial charge < -0.3 is 5.32 Å². The van der Waals surface area contributed by atoms with Gasteiger partial charge in [0.25, 0.3) is 0 Å². The fourth-order valence-corrected chi connectivity index (χ4v) is 2.45. The van der Waals surface area contributed by atoms with Crippen LogP contribution in [0.4, 0.5) is 0 Å². The van der Waals surface area contributed by atoms with E-state index in [1.807, 2.05) is 0 Å². The zero-order valence-corrected chi connectivity index (χ0v) is 8.86. The van der Waals surface area contributed by atoms with E-state index in [4.69, 9.17) is 0 Å². The Morgan fingerprint density at radius 3 is 2.58 bits per heavy atom. The maximum atomic E-state index is 11.4. The van der Waals surface area contributed by atoms with E-state index in [-0.39, 0.29) is 6.04 Å². The molecule has 12 heavy (non-hydrogen) atoms. The molecule has 0 radical (unpaired) electrons. The first-order chi connectivity index (χ1) is 5.47. The minimum absolute atomic E-state index is 0.260. The number of rotatable bonds is 1. The van der Waals surface area contributed by atoms with Crippen molar-refractivity contribution in [2.45, 2.75) is 19.4 Å². The molecule has 4 heteroatoms. The van der Waals surface area contributed by atoms with Crippen LogP contribution in [-0.4, -0.2) is 35.9 Å². The molecule has 1 heterocycles. The average Bonchev–Trinajstić information content (AvgIpc) is 1.82. The largest absolute Gasteiger partial charge is 0.314 e. The molecule has 1 rings (SSSR count). The first kappa shape index (κ1) is 9.99. The maximum absolute atomic E-state index is 11.4. The zero-order valence-electron chi connectivity index (χ0n) is 8.04. The number of nitrogens with zero attached hydrogens (tertiary/aromatic N) is 1. The number of hydrogen-bond acceptors (Lipinski definition) is 3. The average molecular weight is 190 g/mol. The molecule has 0 saturated carbocycles. The summed E-state index contributed by atoms with van der Waals surface area (Å²) in [4.78, 5) is 0. The molecule has 0 aromatic rings. The molecule has 0 aliphatic carbocycles. The third-order valence-electron chi connectivity index (χ3n) is 1.95. The highest BCUT2D eigenvalue weighted by Crippen LogP contribution is 2.13. The summed E-state index contributed by atoms with van der Waals surface area (Å²) in [5.74, 6) is 0.661. The van der Waals surface area contributed by atoms with Crippen LogP contribution in [0.1, 0.15) is 13.3 Å². The van der Waals surface area contributed by atoms with Gasteiger partial charge in [-0.25, -0.2) is 4.36 Å². The molecule has 1 aliphatic rings. The monoisotopic (exact) mass is 190 g/mol. The molecule has 72 valence electrons. The molecule has 0 bridgehead atoms. The summed E-state index contributed by atoms with van der Waals surface area (Å²) in [7, 11) is -1.91. The Kier molecular flexibility index (Phi) is 3.12. The Balaban J connectivity index is 2.59. The molecule has 2 atom stereocenters. The van der Waals surface area contributed by atoms with Crippen LogP contribution < -0.4 is 5.32 Å². The van der Waals surface area contributed by atoms with Gasteiger partial charge in [0.2, 0.25) is 0 Å². The van der Waals surface area contributed by atoms with Crippen molar-refractivity contribution >= 4 is 9.73 Å². The van der Waals surface area contributed by atoms with Crippen LogP contribution in [-0.2, 0) is 9.73 Å². The highest BCUT2D eigenvalue weighted by atomic mass is 32.2. The SMILES string of the molecule is CC1CNCC(N=S(C)(C)=O)C1. The molecule has 0 aromatic heterocycles. The zero-order chi connectivity index (χ0) is 9.19. The molecule has 1 saturated heterocycles. The predicted molar refractivity (Wildman–Crippen MR) is 52.9 cm³/mol. The third kappa shape index (κ3) is 3.54. The van der Waals surface area contributed by atoms with Gasteiger partial charge in [0, 0.05) is 28.8 Å². The Morgan fingerprint density at radius 1 is 1.42 bits per heavy atom. The standard InChI is InChI=1S/C8H18N2OS/c1-7-4-8(6-9-5-7)10-12(2,3)11/h7-9H,4-6H2,1-3H3. The van der Waals surface area contributed by atoms with Crippen LogP contribution in [0.15, 0.2) is 4.36 Å². The number of piperidine rings is 1. The van der Waals surface area contributed by atoms with Gasteiger partial charge in [-0.1, -0.05) is 6.92 Å². The van der Waals surface area contributed by atoms with Gasteiger partial charge in [-0.15, -0.1) is 0 Å². The van der Waals surface area contributed by atoms with Crippen molar-refractivity contribution in [1.82, 2.24) is 5.32 Å². The first-order valence-corrected chi connectivity index (χ1v) is 6.67. The van der Waals surface area contributed by atoms with E-state index in [1.54, 1.807) is 12.5 Å². The molecule has 2 unspecified atom stereocenters. The van der Waals surface area contributed by atoms with Gasteiger partial charge in [0.1, 0.15) is 0 Å². The van der Waals surface area contributed by atoms with Crippen LogP contribution in [0.3, 0.4) is 0 Å². The van der Waals surface area contributed by atoms with E-state index in [9.17, 15) is 4.21 Å². The summed E-state index contributed by atoms with van der Waals surface area (Å²) >= 11 is 0. The summed E-state index contributed by atoms with van der Waals surface area (Å²) in [5, 5.41) is 3.29. The molecule has 0 spiro atoms. The van der Waals surface area contributed by atoms with Crippen LogP contribution >= 0.6 is 0 Å². The summed E-state index contributed by atoms with van der Waals surface area (Å²) < 4.78 is 15.7. The van der Waals surface area contributed by atoms with E-state index in [2.05, 4.69) is 16.6 Å². The van der Waals surface area contributed by atoms with Crippen molar-refractivity contribution < 1.29 is 4.21 Å².